The number of nitrogens with zero attached hydrogens (tertiary/aromatic N) is 1. The van der Waals surface area contributed by atoms with Crippen molar-refractivity contribution in [1.29, 1.82) is 0 Å². The fourth-order valence-electron chi connectivity index (χ4n) is 2.13. The number of carbonyl (C=O) groups excluding carboxylic acids is 1. The summed E-state index contributed by atoms with van der Waals surface area (Å²) in [5.41, 5.74) is 0.681. The zero-order valence-corrected chi connectivity index (χ0v) is 11.8. The summed E-state index contributed by atoms with van der Waals surface area (Å²) in [7, 11) is 1.98. The predicted octanol–water partition coefficient (Wildman–Crippen LogP) is 2.58. The number of Topliss-reactive ketones (excluding diaryl/α,β-unsaturated/α-hetero) is 1. The van der Waals surface area contributed by atoms with Gasteiger partial charge in [0.1, 0.15) is 0 Å². The van der Waals surface area contributed by atoms with Crippen molar-refractivity contribution >= 4 is 5.78 Å². The van der Waals surface area contributed by atoms with Gasteiger partial charge < -0.3 is 9.47 Å². The second-order valence-corrected chi connectivity index (χ2v) is 5.20. The van der Waals surface area contributed by atoms with E-state index in [1.165, 1.54) is 0 Å². The summed E-state index contributed by atoms with van der Waals surface area (Å²) in [5.74, 6) is 2.10. The number of hydrogen-bond acceptors (Lipinski definition) is 4. The van der Waals surface area contributed by atoms with Gasteiger partial charge in [0.2, 0.25) is 6.79 Å². The lowest BCUT2D eigenvalue weighted by molar-refractivity contribution is 0.0938. The standard InChI is InChI=1S/C15H21NO3/c1-4-11(2)8-16(3)9-13(17)12-5-6-14-15(7-12)19-10-18-14/h5-7,11H,4,8-10H2,1-3H3. The van der Waals surface area contributed by atoms with Gasteiger partial charge in [-0.3, -0.25) is 9.69 Å². The number of ketones is 1. The van der Waals surface area contributed by atoms with Gasteiger partial charge in [-0.2, -0.15) is 0 Å². The highest BCUT2D eigenvalue weighted by molar-refractivity contribution is 5.98. The molecule has 1 aliphatic rings. The zero-order valence-electron chi connectivity index (χ0n) is 11.8. The van der Waals surface area contributed by atoms with Gasteiger partial charge in [-0.15, -0.1) is 0 Å². The molecule has 19 heavy (non-hydrogen) atoms. The smallest absolute Gasteiger partial charge is 0.231 e. The first-order chi connectivity index (χ1) is 9.10. The Labute approximate surface area is 114 Å². The van der Waals surface area contributed by atoms with Crippen molar-refractivity contribution in [1.82, 2.24) is 4.90 Å². The SMILES string of the molecule is CCC(C)CN(C)CC(=O)c1ccc2c(c1)OCO2. The highest BCUT2D eigenvalue weighted by Crippen LogP contribution is 2.32. The molecule has 1 heterocycles. The zero-order chi connectivity index (χ0) is 13.8. The van der Waals surface area contributed by atoms with Crippen LogP contribution in [-0.4, -0.2) is 37.6 Å². The molecule has 1 aliphatic heterocycles. The Balaban J connectivity index is 1.96. The number of carbonyl (C=O) groups is 1. The Kier molecular flexibility index (Phi) is 4.43. The van der Waals surface area contributed by atoms with Gasteiger partial charge in [0, 0.05) is 12.1 Å². The molecule has 0 bridgehead atoms. The molecule has 0 fully saturated rings. The van der Waals surface area contributed by atoms with E-state index in [-0.39, 0.29) is 12.6 Å². The van der Waals surface area contributed by atoms with Crippen LogP contribution in [0.2, 0.25) is 0 Å². The molecule has 2 rings (SSSR count). The second kappa shape index (κ2) is 6.06. The minimum absolute atomic E-state index is 0.115. The Morgan fingerprint density at radius 2 is 2.11 bits per heavy atom. The minimum atomic E-state index is 0.115. The summed E-state index contributed by atoms with van der Waals surface area (Å²) < 4.78 is 10.5. The van der Waals surface area contributed by atoms with Crippen LogP contribution in [0.25, 0.3) is 0 Å². The molecule has 104 valence electrons. The van der Waals surface area contributed by atoms with E-state index in [0.717, 1.165) is 13.0 Å². The molecule has 0 N–H and O–H groups in total. The molecule has 1 aromatic rings. The van der Waals surface area contributed by atoms with Crippen molar-refractivity contribution in [3.63, 3.8) is 0 Å². The normalized spacial score (nSPS) is 14.7. The van der Waals surface area contributed by atoms with Crippen LogP contribution < -0.4 is 9.47 Å². The van der Waals surface area contributed by atoms with Crippen LogP contribution >= 0.6 is 0 Å². The van der Waals surface area contributed by atoms with Crippen LogP contribution in [-0.2, 0) is 0 Å². The highest BCUT2D eigenvalue weighted by atomic mass is 16.7. The fraction of sp³-hybridized carbons (Fsp3) is 0.533. The topological polar surface area (TPSA) is 38.8 Å². The second-order valence-electron chi connectivity index (χ2n) is 5.20. The molecular weight excluding hydrogens is 242 g/mol. The molecule has 0 aliphatic carbocycles. The molecular formula is C15H21NO3. The first kappa shape index (κ1) is 13.9. The van der Waals surface area contributed by atoms with E-state index in [1.54, 1.807) is 18.2 Å². The third-order valence-corrected chi connectivity index (χ3v) is 3.43. The number of hydrogen-bond donors (Lipinski definition) is 0. The average molecular weight is 263 g/mol. The maximum atomic E-state index is 12.2. The summed E-state index contributed by atoms with van der Waals surface area (Å²) in [6.45, 7) is 5.97. The van der Waals surface area contributed by atoms with Crippen molar-refractivity contribution in [3.8, 4) is 11.5 Å². The Morgan fingerprint density at radius 1 is 1.37 bits per heavy atom. The van der Waals surface area contributed by atoms with E-state index >= 15 is 0 Å². The van der Waals surface area contributed by atoms with E-state index in [1.807, 2.05) is 7.05 Å². The van der Waals surface area contributed by atoms with Gasteiger partial charge in [0.25, 0.3) is 0 Å². The minimum Gasteiger partial charge on any atom is -0.454 e. The molecule has 4 nitrogen and oxygen atoms in total. The molecule has 0 aromatic heterocycles. The molecule has 0 spiro atoms. The fourth-order valence-corrected chi connectivity index (χ4v) is 2.13. The van der Waals surface area contributed by atoms with E-state index in [4.69, 9.17) is 9.47 Å². The van der Waals surface area contributed by atoms with Crippen molar-refractivity contribution in [2.24, 2.45) is 5.92 Å². The van der Waals surface area contributed by atoms with E-state index in [0.29, 0.717) is 29.5 Å². The Hall–Kier alpha value is -1.55. The number of rotatable bonds is 6. The summed E-state index contributed by atoms with van der Waals surface area (Å²) in [6, 6.07) is 5.36. The quantitative estimate of drug-likeness (QED) is 0.739. The lowest BCUT2D eigenvalue weighted by Gasteiger charge is -2.19. The molecule has 0 saturated carbocycles. The number of ether oxygens (including phenoxy) is 2. The summed E-state index contributed by atoms with van der Waals surface area (Å²) >= 11 is 0. The molecule has 4 heteroatoms. The molecule has 1 aromatic carbocycles. The number of benzene rings is 1. The van der Waals surface area contributed by atoms with Crippen molar-refractivity contribution in [3.05, 3.63) is 23.8 Å². The maximum absolute atomic E-state index is 12.2. The van der Waals surface area contributed by atoms with Gasteiger partial charge in [0.15, 0.2) is 17.3 Å². The lowest BCUT2D eigenvalue weighted by Crippen LogP contribution is -2.30. The molecule has 0 saturated heterocycles. The number of likely N-dealkylation sites (N-methyl/N-ethyl adjacent to an activating group) is 1. The summed E-state index contributed by atoms with van der Waals surface area (Å²) in [6.07, 6.45) is 1.13. The van der Waals surface area contributed by atoms with Gasteiger partial charge in [-0.1, -0.05) is 20.3 Å². The van der Waals surface area contributed by atoms with Crippen LogP contribution in [0, 0.1) is 5.92 Å². The third-order valence-electron chi connectivity index (χ3n) is 3.43. The molecule has 1 atom stereocenters. The number of fused-ring (bicyclic) bond motifs is 1. The van der Waals surface area contributed by atoms with Gasteiger partial charge in [-0.25, -0.2) is 0 Å². The van der Waals surface area contributed by atoms with Crippen molar-refractivity contribution in [2.45, 2.75) is 20.3 Å². The van der Waals surface area contributed by atoms with Crippen molar-refractivity contribution < 1.29 is 14.3 Å². The highest BCUT2D eigenvalue weighted by Gasteiger charge is 2.17. The van der Waals surface area contributed by atoms with Crippen LogP contribution in [0.15, 0.2) is 18.2 Å². The average Bonchev–Trinajstić information content (AvgIpc) is 2.85. The maximum Gasteiger partial charge on any atom is 0.231 e. The largest absolute Gasteiger partial charge is 0.454 e. The first-order valence-corrected chi connectivity index (χ1v) is 6.71. The molecule has 0 amide bonds. The van der Waals surface area contributed by atoms with Crippen LogP contribution in [0.4, 0.5) is 0 Å². The van der Waals surface area contributed by atoms with Crippen LogP contribution in [0.1, 0.15) is 30.6 Å². The molecule has 1 unspecified atom stereocenters. The van der Waals surface area contributed by atoms with E-state index in [2.05, 4.69) is 18.7 Å². The third kappa shape index (κ3) is 3.47. The van der Waals surface area contributed by atoms with E-state index in [9.17, 15) is 4.79 Å². The predicted molar refractivity (Wildman–Crippen MR) is 73.8 cm³/mol. The van der Waals surface area contributed by atoms with E-state index < -0.39 is 0 Å². The first-order valence-electron chi connectivity index (χ1n) is 6.71. The molecule has 0 radical (unpaired) electrons. The van der Waals surface area contributed by atoms with Gasteiger partial charge in [-0.05, 0) is 31.2 Å². The summed E-state index contributed by atoms with van der Waals surface area (Å²) in [5, 5.41) is 0. The van der Waals surface area contributed by atoms with Gasteiger partial charge in [0.05, 0.1) is 6.54 Å². The van der Waals surface area contributed by atoms with Crippen molar-refractivity contribution in [2.75, 3.05) is 26.9 Å². The summed E-state index contributed by atoms with van der Waals surface area (Å²) in [4.78, 5) is 14.3. The van der Waals surface area contributed by atoms with Crippen LogP contribution in [0.3, 0.4) is 0 Å². The lowest BCUT2D eigenvalue weighted by atomic mass is 10.1. The Bertz CT molecular complexity index is 459. The van der Waals surface area contributed by atoms with Crippen LogP contribution in [0.5, 0.6) is 11.5 Å². The Morgan fingerprint density at radius 3 is 2.84 bits per heavy atom. The monoisotopic (exact) mass is 263 g/mol. The van der Waals surface area contributed by atoms with Gasteiger partial charge >= 0.3 is 0 Å².